The summed E-state index contributed by atoms with van der Waals surface area (Å²) in [5, 5.41) is 4.78. The molecule has 0 aromatic carbocycles. The zero-order valence-electron chi connectivity index (χ0n) is 6.89. The molecule has 1 heterocycles. The van der Waals surface area contributed by atoms with E-state index in [2.05, 4.69) is 5.10 Å². The summed E-state index contributed by atoms with van der Waals surface area (Å²) in [7, 11) is 3.40. The van der Waals surface area contributed by atoms with Crippen LogP contribution in [0.25, 0.3) is 0 Å². The maximum atomic E-state index is 5.92. The highest BCUT2D eigenvalue weighted by molar-refractivity contribution is 6.32. The van der Waals surface area contributed by atoms with E-state index >= 15 is 0 Å². The molecule has 62 valence electrons. The molecule has 0 radical (unpaired) electrons. The SMILES string of the molecule is CCc1nn(C)c(OC)c1Cl. The molecule has 0 bridgehead atoms. The Balaban J connectivity index is 3.14. The number of hydrogen-bond donors (Lipinski definition) is 0. The van der Waals surface area contributed by atoms with Gasteiger partial charge in [0.2, 0.25) is 5.88 Å². The van der Waals surface area contributed by atoms with Gasteiger partial charge in [0.15, 0.2) is 0 Å². The number of aromatic nitrogens is 2. The summed E-state index contributed by atoms with van der Waals surface area (Å²) in [6.45, 7) is 2.01. The van der Waals surface area contributed by atoms with Crippen LogP contribution in [-0.2, 0) is 13.5 Å². The Morgan fingerprint density at radius 2 is 2.27 bits per heavy atom. The summed E-state index contributed by atoms with van der Waals surface area (Å²) in [6.07, 6.45) is 0.829. The molecule has 0 aliphatic heterocycles. The quantitative estimate of drug-likeness (QED) is 0.682. The van der Waals surface area contributed by atoms with Crippen LogP contribution in [0.3, 0.4) is 0 Å². The van der Waals surface area contributed by atoms with Crippen molar-refractivity contribution in [2.75, 3.05) is 7.11 Å². The van der Waals surface area contributed by atoms with Crippen LogP contribution in [0.4, 0.5) is 0 Å². The average Bonchev–Trinajstić information content (AvgIpc) is 2.26. The number of ether oxygens (including phenoxy) is 1. The molecule has 0 saturated heterocycles. The Hall–Kier alpha value is -0.700. The molecule has 0 atom stereocenters. The molecule has 0 N–H and O–H groups in total. The van der Waals surface area contributed by atoms with E-state index in [1.165, 1.54) is 0 Å². The van der Waals surface area contributed by atoms with Gasteiger partial charge in [0.05, 0.1) is 12.8 Å². The number of hydrogen-bond acceptors (Lipinski definition) is 2. The average molecular weight is 175 g/mol. The second-order valence-electron chi connectivity index (χ2n) is 2.25. The van der Waals surface area contributed by atoms with E-state index in [0.717, 1.165) is 12.1 Å². The molecular weight excluding hydrogens is 164 g/mol. The molecule has 0 amide bonds. The molecule has 0 saturated carbocycles. The fourth-order valence-corrected chi connectivity index (χ4v) is 1.35. The number of methoxy groups -OCH3 is 1. The van der Waals surface area contributed by atoms with Gasteiger partial charge >= 0.3 is 0 Å². The normalized spacial score (nSPS) is 10.2. The van der Waals surface area contributed by atoms with Gasteiger partial charge in [-0.15, -0.1) is 0 Å². The largest absolute Gasteiger partial charge is 0.480 e. The first-order valence-corrected chi connectivity index (χ1v) is 3.83. The lowest BCUT2D eigenvalue weighted by Gasteiger charge is -1.97. The number of rotatable bonds is 2. The number of aryl methyl sites for hydroxylation is 2. The second kappa shape index (κ2) is 3.13. The standard InChI is InChI=1S/C7H11ClN2O/c1-4-5-6(8)7(11-3)10(2)9-5/h4H2,1-3H3. The van der Waals surface area contributed by atoms with Crippen LogP contribution in [0.1, 0.15) is 12.6 Å². The molecule has 4 heteroatoms. The third kappa shape index (κ3) is 1.33. The van der Waals surface area contributed by atoms with Crippen LogP contribution >= 0.6 is 11.6 Å². The van der Waals surface area contributed by atoms with Crippen molar-refractivity contribution in [1.29, 1.82) is 0 Å². The Morgan fingerprint density at radius 3 is 2.55 bits per heavy atom. The summed E-state index contributed by atoms with van der Waals surface area (Å²) >= 11 is 5.92. The molecule has 0 fully saturated rings. The maximum Gasteiger partial charge on any atom is 0.230 e. The summed E-state index contributed by atoms with van der Waals surface area (Å²) in [6, 6.07) is 0. The van der Waals surface area contributed by atoms with Crippen LogP contribution in [0.5, 0.6) is 5.88 Å². The number of halogens is 1. The lowest BCUT2D eigenvalue weighted by molar-refractivity contribution is 0.373. The van der Waals surface area contributed by atoms with Crippen LogP contribution < -0.4 is 4.74 Å². The van der Waals surface area contributed by atoms with Gasteiger partial charge in [-0.3, -0.25) is 0 Å². The zero-order chi connectivity index (χ0) is 8.43. The molecule has 0 aliphatic carbocycles. The lowest BCUT2D eigenvalue weighted by atomic mass is 10.3. The van der Waals surface area contributed by atoms with E-state index in [1.54, 1.807) is 11.8 Å². The summed E-state index contributed by atoms with van der Waals surface area (Å²) < 4.78 is 6.67. The fourth-order valence-electron chi connectivity index (χ4n) is 0.984. The predicted octanol–water partition coefficient (Wildman–Crippen LogP) is 1.64. The third-order valence-corrected chi connectivity index (χ3v) is 1.91. The van der Waals surface area contributed by atoms with E-state index in [0.29, 0.717) is 10.9 Å². The maximum absolute atomic E-state index is 5.92. The van der Waals surface area contributed by atoms with Crippen LogP contribution in [0, 0.1) is 0 Å². The summed E-state index contributed by atoms with van der Waals surface area (Å²) in [4.78, 5) is 0. The van der Waals surface area contributed by atoms with Gasteiger partial charge in [0.25, 0.3) is 0 Å². The Bertz CT molecular complexity index is 257. The van der Waals surface area contributed by atoms with E-state index in [4.69, 9.17) is 16.3 Å². The molecule has 1 aromatic heterocycles. The van der Waals surface area contributed by atoms with Gasteiger partial charge in [-0.25, -0.2) is 4.68 Å². The smallest absolute Gasteiger partial charge is 0.230 e. The van der Waals surface area contributed by atoms with Crippen molar-refractivity contribution in [3.8, 4) is 5.88 Å². The summed E-state index contributed by atoms with van der Waals surface area (Å²) in [5.74, 6) is 0.628. The van der Waals surface area contributed by atoms with Gasteiger partial charge in [-0.05, 0) is 6.42 Å². The zero-order valence-corrected chi connectivity index (χ0v) is 7.64. The topological polar surface area (TPSA) is 27.1 Å². The van der Waals surface area contributed by atoms with Crippen molar-refractivity contribution >= 4 is 11.6 Å². The molecule has 1 rings (SSSR count). The van der Waals surface area contributed by atoms with Crippen LogP contribution in [0.2, 0.25) is 5.02 Å². The first-order valence-electron chi connectivity index (χ1n) is 3.46. The molecule has 0 aliphatic rings. The van der Waals surface area contributed by atoms with Crippen LogP contribution in [-0.4, -0.2) is 16.9 Å². The molecule has 0 unspecified atom stereocenters. The minimum absolute atomic E-state index is 0.623. The van der Waals surface area contributed by atoms with Gasteiger partial charge in [-0.1, -0.05) is 18.5 Å². The minimum Gasteiger partial charge on any atom is -0.480 e. The monoisotopic (exact) mass is 174 g/mol. The Morgan fingerprint density at radius 1 is 1.64 bits per heavy atom. The molecule has 1 aromatic rings. The van der Waals surface area contributed by atoms with Crippen molar-refractivity contribution in [1.82, 2.24) is 9.78 Å². The van der Waals surface area contributed by atoms with E-state index in [-0.39, 0.29) is 0 Å². The summed E-state index contributed by atoms with van der Waals surface area (Å²) in [5.41, 5.74) is 0.881. The molecular formula is C7H11ClN2O. The highest BCUT2D eigenvalue weighted by Gasteiger charge is 2.12. The van der Waals surface area contributed by atoms with Crippen molar-refractivity contribution in [3.63, 3.8) is 0 Å². The van der Waals surface area contributed by atoms with E-state index in [9.17, 15) is 0 Å². The van der Waals surface area contributed by atoms with Crippen molar-refractivity contribution in [3.05, 3.63) is 10.7 Å². The van der Waals surface area contributed by atoms with Gasteiger partial charge < -0.3 is 4.74 Å². The third-order valence-electron chi connectivity index (χ3n) is 1.53. The lowest BCUT2D eigenvalue weighted by Crippen LogP contribution is -1.95. The van der Waals surface area contributed by atoms with Crippen molar-refractivity contribution in [2.24, 2.45) is 7.05 Å². The first-order chi connectivity index (χ1) is 5.20. The minimum atomic E-state index is 0.623. The molecule has 3 nitrogen and oxygen atoms in total. The Labute approximate surface area is 70.9 Å². The number of nitrogens with zero attached hydrogens (tertiary/aromatic N) is 2. The van der Waals surface area contributed by atoms with E-state index in [1.807, 2.05) is 14.0 Å². The van der Waals surface area contributed by atoms with Crippen molar-refractivity contribution in [2.45, 2.75) is 13.3 Å². The van der Waals surface area contributed by atoms with Crippen molar-refractivity contribution < 1.29 is 4.74 Å². The first kappa shape index (κ1) is 8.40. The van der Waals surface area contributed by atoms with Crippen LogP contribution in [0.15, 0.2) is 0 Å². The van der Waals surface area contributed by atoms with E-state index < -0.39 is 0 Å². The van der Waals surface area contributed by atoms with Gasteiger partial charge in [0, 0.05) is 7.05 Å². The second-order valence-corrected chi connectivity index (χ2v) is 2.63. The highest BCUT2D eigenvalue weighted by atomic mass is 35.5. The van der Waals surface area contributed by atoms with Gasteiger partial charge in [-0.2, -0.15) is 5.10 Å². The molecule has 0 spiro atoms. The predicted molar refractivity (Wildman–Crippen MR) is 44.1 cm³/mol. The Kier molecular flexibility index (Phi) is 2.39. The fraction of sp³-hybridized carbons (Fsp3) is 0.571. The van der Waals surface area contributed by atoms with Gasteiger partial charge in [0.1, 0.15) is 5.02 Å². The molecule has 11 heavy (non-hydrogen) atoms. The highest BCUT2D eigenvalue weighted by Crippen LogP contribution is 2.26.